The molecule has 0 aromatic carbocycles. The summed E-state index contributed by atoms with van der Waals surface area (Å²) in [7, 11) is 0. The van der Waals surface area contributed by atoms with Gasteiger partial charge in [0.15, 0.2) is 0 Å². The Morgan fingerprint density at radius 2 is 2.29 bits per heavy atom. The lowest BCUT2D eigenvalue weighted by Crippen LogP contribution is -2.53. The van der Waals surface area contributed by atoms with Crippen LogP contribution < -0.4 is 5.32 Å². The standard InChI is InChI=1S/C18H23N3O3/c1-12-9-15(13(2)24-12)18(23)20-16-6-8-21(11-17(16)22)10-14-5-3-4-7-19-14/h3-5,7,9,16-17,22H,6,8,10-11H2,1-2H3,(H,20,23)/t16-,17-/m0/s1. The van der Waals surface area contributed by atoms with E-state index < -0.39 is 6.10 Å². The Labute approximate surface area is 141 Å². The second-order valence-electron chi connectivity index (χ2n) is 6.32. The number of rotatable bonds is 4. The lowest BCUT2D eigenvalue weighted by molar-refractivity contribution is 0.0345. The van der Waals surface area contributed by atoms with Crippen LogP contribution in [0.3, 0.4) is 0 Å². The first-order valence-corrected chi connectivity index (χ1v) is 8.21. The Balaban J connectivity index is 1.56. The van der Waals surface area contributed by atoms with E-state index in [4.69, 9.17) is 4.42 Å². The number of aliphatic hydroxyl groups is 1. The largest absolute Gasteiger partial charge is 0.466 e. The first-order valence-electron chi connectivity index (χ1n) is 8.21. The molecule has 128 valence electrons. The van der Waals surface area contributed by atoms with Crippen molar-refractivity contribution in [1.82, 2.24) is 15.2 Å². The van der Waals surface area contributed by atoms with Crippen LogP contribution in [0.15, 0.2) is 34.9 Å². The number of nitrogens with one attached hydrogen (secondary N) is 1. The molecule has 1 aliphatic heterocycles. The van der Waals surface area contributed by atoms with Crippen molar-refractivity contribution in [2.75, 3.05) is 13.1 Å². The molecular weight excluding hydrogens is 306 g/mol. The quantitative estimate of drug-likeness (QED) is 0.892. The Morgan fingerprint density at radius 1 is 1.46 bits per heavy atom. The summed E-state index contributed by atoms with van der Waals surface area (Å²) in [6.45, 7) is 5.62. The second kappa shape index (κ2) is 7.15. The number of hydrogen-bond donors (Lipinski definition) is 2. The summed E-state index contributed by atoms with van der Waals surface area (Å²) < 4.78 is 5.40. The maximum absolute atomic E-state index is 12.4. The fourth-order valence-corrected chi connectivity index (χ4v) is 3.13. The minimum Gasteiger partial charge on any atom is -0.466 e. The average molecular weight is 329 g/mol. The fraction of sp³-hybridized carbons (Fsp3) is 0.444. The van der Waals surface area contributed by atoms with Gasteiger partial charge in [0, 0.05) is 25.8 Å². The van der Waals surface area contributed by atoms with Gasteiger partial charge in [0.1, 0.15) is 11.5 Å². The predicted molar refractivity (Wildman–Crippen MR) is 89.6 cm³/mol. The number of nitrogens with zero attached hydrogens (tertiary/aromatic N) is 2. The molecule has 6 nitrogen and oxygen atoms in total. The first-order chi connectivity index (χ1) is 11.5. The molecule has 6 heteroatoms. The van der Waals surface area contributed by atoms with Crippen LogP contribution in [0.4, 0.5) is 0 Å². The lowest BCUT2D eigenvalue weighted by atomic mass is 10.0. The fourth-order valence-electron chi connectivity index (χ4n) is 3.13. The van der Waals surface area contributed by atoms with Crippen molar-refractivity contribution in [3.05, 3.63) is 53.2 Å². The van der Waals surface area contributed by atoms with Crippen molar-refractivity contribution >= 4 is 5.91 Å². The molecule has 2 aromatic rings. The van der Waals surface area contributed by atoms with Crippen LogP contribution in [0.1, 0.15) is 34.0 Å². The summed E-state index contributed by atoms with van der Waals surface area (Å²) in [6, 6.07) is 7.31. The zero-order valence-electron chi connectivity index (χ0n) is 14.0. The van der Waals surface area contributed by atoms with Gasteiger partial charge in [-0.15, -0.1) is 0 Å². The molecule has 24 heavy (non-hydrogen) atoms. The number of hydrogen-bond acceptors (Lipinski definition) is 5. The average Bonchev–Trinajstić information content (AvgIpc) is 2.89. The molecule has 1 fully saturated rings. The SMILES string of the molecule is Cc1cc(C(=O)N[C@H]2CCN(Cc3ccccn3)C[C@@H]2O)c(C)o1. The van der Waals surface area contributed by atoms with Crippen LogP contribution in [0.2, 0.25) is 0 Å². The summed E-state index contributed by atoms with van der Waals surface area (Å²) in [5.74, 6) is 1.13. The van der Waals surface area contributed by atoms with Gasteiger partial charge in [-0.05, 0) is 38.5 Å². The van der Waals surface area contributed by atoms with E-state index in [2.05, 4.69) is 15.2 Å². The van der Waals surface area contributed by atoms with E-state index in [9.17, 15) is 9.90 Å². The van der Waals surface area contributed by atoms with Crippen LogP contribution in [0, 0.1) is 13.8 Å². The highest BCUT2D eigenvalue weighted by Crippen LogP contribution is 2.17. The van der Waals surface area contributed by atoms with Crippen molar-refractivity contribution in [3.63, 3.8) is 0 Å². The number of carbonyl (C=O) groups is 1. The van der Waals surface area contributed by atoms with Gasteiger partial charge in [0.25, 0.3) is 5.91 Å². The number of carbonyl (C=O) groups excluding carboxylic acids is 1. The third-order valence-electron chi connectivity index (χ3n) is 4.38. The summed E-state index contributed by atoms with van der Waals surface area (Å²) in [4.78, 5) is 18.8. The number of aryl methyl sites for hydroxylation is 2. The molecule has 2 atom stereocenters. The number of likely N-dealkylation sites (tertiary alicyclic amines) is 1. The van der Waals surface area contributed by atoms with Gasteiger partial charge in [0.2, 0.25) is 0 Å². The van der Waals surface area contributed by atoms with E-state index in [1.165, 1.54) is 0 Å². The summed E-state index contributed by atoms with van der Waals surface area (Å²) in [5.41, 5.74) is 1.52. The topological polar surface area (TPSA) is 78.6 Å². The summed E-state index contributed by atoms with van der Waals surface area (Å²) in [5, 5.41) is 13.3. The van der Waals surface area contributed by atoms with Crippen LogP contribution in [-0.4, -0.2) is 46.1 Å². The molecule has 2 N–H and O–H groups in total. The molecule has 3 heterocycles. The zero-order chi connectivity index (χ0) is 17.1. The number of furan rings is 1. The first kappa shape index (κ1) is 16.7. The van der Waals surface area contributed by atoms with Gasteiger partial charge >= 0.3 is 0 Å². The second-order valence-corrected chi connectivity index (χ2v) is 6.32. The number of aromatic nitrogens is 1. The Kier molecular flexibility index (Phi) is 4.97. The highest BCUT2D eigenvalue weighted by molar-refractivity contribution is 5.95. The van der Waals surface area contributed by atoms with E-state index >= 15 is 0 Å². The molecule has 3 rings (SSSR count). The molecule has 1 amide bonds. The monoisotopic (exact) mass is 329 g/mol. The van der Waals surface area contributed by atoms with Gasteiger partial charge in [-0.3, -0.25) is 14.7 Å². The normalized spacial score (nSPS) is 21.6. The number of amides is 1. The van der Waals surface area contributed by atoms with E-state index in [-0.39, 0.29) is 11.9 Å². The molecule has 1 saturated heterocycles. The third-order valence-corrected chi connectivity index (χ3v) is 4.38. The molecule has 0 unspecified atom stereocenters. The molecule has 0 radical (unpaired) electrons. The number of pyridine rings is 1. The molecular formula is C18H23N3O3. The summed E-state index contributed by atoms with van der Waals surface area (Å²) >= 11 is 0. The minimum absolute atomic E-state index is 0.188. The Hall–Kier alpha value is -2.18. The molecule has 0 saturated carbocycles. The van der Waals surface area contributed by atoms with Crippen molar-refractivity contribution in [2.45, 2.75) is 39.0 Å². The third kappa shape index (κ3) is 3.83. The van der Waals surface area contributed by atoms with Crippen molar-refractivity contribution in [1.29, 1.82) is 0 Å². The van der Waals surface area contributed by atoms with Gasteiger partial charge < -0.3 is 14.8 Å². The van der Waals surface area contributed by atoms with Crippen LogP contribution in [0.25, 0.3) is 0 Å². The van der Waals surface area contributed by atoms with Gasteiger partial charge in [0.05, 0.1) is 23.4 Å². The smallest absolute Gasteiger partial charge is 0.255 e. The Bertz CT molecular complexity index is 699. The number of β-amino-alcohol motifs (C(OH)–C–C–N with tert-alkyl or cyclic N) is 1. The number of aliphatic hydroxyl groups excluding tert-OH is 1. The predicted octanol–water partition coefficient (Wildman–Crippen LogP) is 1.66. The highest BCUT2D eigenvalue weighted by atomic mass is 16.3. The van der Waals surface area contributed by atoms with Crippen molar-refractivity contribution in [2.24, 2.45) is 0 Å². The minimum atomic E-state index is -0.597. The van der Waals surface area contributed by atoms with Gasteiger partial charge in [-0.25, -0.2) is 0 Å². The lowest BCUT2D eigenvalue weighted by Gasteiger charge is -2.36. The van der Waals surface area contributed by atoms with E-state index in [0.717, 1.165) is 12.2 Å². The molecule has 2 aromatic heterocycles. The highest BCUT2D eigenvalue weighted by Gasteiger charge is 2.29. The zero-order valence-corrected chi connectivity index (χ0v) is 14.0. The van der Waals surface area contributed by atoms with Crippen LogP contribution in [-0.2, 0) is 6.54 Å². The van der Waals surface area contributed by atoms with Crippen molar-refractivity contribution in [3.8, 4) is 0 Å². The van der Waals surface area contributed by atoms with Crippen LogP contribution in [0.5, 0.6) is 0 Å². The van der Waals surface area contributed by atoms with Crippen LogP contribution >= 0.6 is 0 Å². The van der Waals surface area contributed by atoms with E-state index in [1.54, 1.807) is 19.2 Å². The maximum atomic E-state index is 12.4. The molecule has 0 aliphatic carbocycles. The molecule has 1 aliphatic rings. The summed E-state index contributed by atoms with van der Waals surface area (Å²) in [6.07, 6.45) is 1.88. The maximum Gasteiger partial charge on any atom is 0.255 e. The van der Waals surface area contributed by atoms with E-state index in [0.29, 0.717) is 36.6 Å². The van der Waals surface area contributed by atoms with Gasteiger partial charge in [-0.1, -0.05) is 6.07 Å². The van der Waals surface area contributed by atoms with Gasteiger partial charge in [-0.2, -0.15) is 0 Å². The Morgan fingerprint density at radius 3 is 2.92 bits per heavy atom. The molecule has 0 bridgehead atoms. The van der Waals surface area contributed by atoms with Crippen molar-refractivity contribution < 1.29 is 14.3 Å². The van der Waals surface area contributed by atoms with E-state index in [1.807, 2.05) is 25.1 Å². The number of piperidine rings is 1. The molecule has 0 spiro atoms.